The van der Waals surface area contributed by atoms with Gasteiger partial charge in [0.05, 0.1) is 69.0 Å². The standard InChI is InChI=1S/C46H56N8O7/c1-58-45(56)51-38(28-8-3-4-9-28)26-61-54-20-21-60-27-40(54)43-48-35-18-17-33(24-36(35)49-43)31-13-14-32-23-34(16-15-30(32)22-31)37-25-47-42(50-37)39-12-7-19-53(39)44(55)41(52-46(57)59-2)29-10-5-6-11-29/h13-18,22-25,28-29,38-41H,3-12,19-21,26-27H2,1-2H3,(H,47,50)(H,48,49)(H,51,56)(H,52,57)/t38-,39+,40+,41+/m1/s1. The molecule has 4 fully saturated rings. The summed E-state index contributed by atoms with van der Waals surface area (Å²) in [6.07, 6.45) is 10.9. The minimum Gasteiger partial charge on any atom is -0.453 e. The van der Waals surface area contributed by atoms with E-state index in [1.54, 1.807) is 0 Å². The zero-order chi connectivity index (χ0) is 41.9. The van der Waals surface area contributed by atoms with Crippen molar-refractivity contribution in [1.29, 1.82) is 0 Å². The van der Waals surface area contributed by atoms with Gasteiger partial charge in [-0.2, -0.15) is 5.06 Å². The maximum atomic E-state index is 14.0. The predicted molar refractivity (Wildman–Crippen MR) is 229 cm³/mol. The van der Waals surface area contributed by atoms with E-state index < -0.39 is 18.2 Å². The maximum Gasteiger partial charge on any atom is 0.407 e. The Balaban J connectivity index is 0.884. The summed E-state index contributed by atoms with van der Waals surface area (Å²) < 4.78 is 15.7. The molecule has 2 saturated carbocycles. The fourth-order valence-electron chi connectivity index (χ4n) is 9.96. The topological polar surface area (TPSA) is 176 Å². The molecule has 9 rings (SSSR count). The van der Waals surface area contributed by atoms with Crippen LogP contribution in [0.3, 0.4) is 0 Å². The lowest BCUT2D eigenvalue weighted by Gasteiger charge is -2.35. The highest BCUT2D eigenvalue weighted by molar-refractivity contribution is 5.92. The van der Waals surface area contributed by atoms with E-state index in [1.807, 2.05) is 22.2 Å². The fraction of sp³-hybridized carbons (Fsp3) is 0.500. The van der Waals surface area contributed by atoms with Crippen LogP contribution in [0.15, 0.2) is 60.8 Å². The maximum absolute atomic E-state index is 14.0. The van der Waals surface area contributed by atoms with Crippen molar-refractivity contribution in [1.82, 2.24) is 40.5 Å². The number of ether oxygens (including phenoxy) is 3. The Kier molecular flexibility index (Phi) is 12.2. The number of methoxy groups -OCH3 is 2. The molecule has 15 heteroatoms. The number of nitrogens with zero attached hydrogens (tertiary/aromatic N) is 4. The Hall–Kier alpha value is -5.51. The summed E-state index contributed by atoms with van der Waals surface area (Å²) in [5.74, 6) is 1.94. The number of aromatic amines is 2. The molecule has 2 saturated heterocycles. The lowest BCUT2D eigenvalue weighted by atomic mass is 9.96. The van der Waals surface area contributed by atoms with Crippen molar-refractivity contribution >= 4 is 39.9 Å². The summed E-state index contributed by atoms with van der Waals surface area (Å²) in [5.41, 5.74) is 5.85. The number of aromatic nitrogens is 4. The van der Waals surface area contributed by atoms with Crippen LogP contribution >= 0.6 is 0 Å². The molecule has 0 unspecified atom stereocenters. The zero-order valence-electron chi connectivity index (χ0n) is 35.0. The van der Waals surface area contributed by atoms with Gasteiger partial charge in [0.1, 0.15) is 23.7 Å². The van der Waals surface area contributed by atoms with Gasteiger partial charge in [0.25, 0.3) is 0 Å². The Morgan fingerprint density at radius 3 is 2.23 bits per heavy atom. The third-order valence-corrected chi connectivity index (χ3v) is 13.3. The van der Waals surface area contributed by atoms with Gasteiger partial charge >= 0.3 is 12.2 Å². The number of likely N-dealkylation sites (tertiary alicyclic amines) is 1. The Morgan fingerprint density at radius 1 is 0.770 bits per heavy atom. The second-order valence-electron chi connectivity index (χ2n) is 17.0. The molecular formula is C46H56N8O7. The van der Waals surface area contributed by atoms with Crippen molar-refractivity contribution in [3.8, 4) is 22.4 Å². The number of rotatable bonds is 12. The number of carbonyl (C=O) groups excluding carboxylic acids is 3. The highest BCUT2D eigenvalue weighted by Crippen LogP contribution is 2.37. The molecule has 0 radical (unpaired) electrons. The Labute approximate surface area is 355 Å². The number of amides is 3. The number of morpholine rings is 1. The largest absolute Gasteiger partial charge is 0.453 e. The van der Waals surface area contributed by atoms with Crippen LogP contribution in [0.25, 0.3) is 44.2 Å². The first kappa shape index (κ1) is 40.9. The molecular weight excluding hydrogens is 777 g/mol. The first-order valence-corrected chi connectivity index (χ1v) is 21.9. The average Bonchev–Trinajstić information content (AvgIpc) is 4.16. The number of carbonyl (C=O) groups is 3. The van der Waals surface area contributed by atoms with E-state index in [2.05, 4.69) is 69.1 Å². The van der Waals surface area contributed by atoms with E-state index in [9.17, 15) is 14.4 Å². The van der Waals surface area contributed by atoms with E-state index in [4.69, 9.17) is 29.0 Å². The third kappa shape index (κ3) is 8.82. The van der Waals surface area contributed by atoms with Gasteiger partial charge in [0.2, 0.25) is 5.91 Å². The summed E-state index contributed by atoms with van der Waals surface area (Å²) in [4.78, 5) is 63.5. The first-order chi connectivity index (χ1) is 29.8. The molecule has 15 nitrogen and oxygen atoms in total. The normalized spacial score (nSPS) is 21.2. The molecule has 2 aliphatic heterocycles. The quantitative estimate of drug-likeness (QED) is 0.0981. The Morgan fingerprint density at radius 2 is 1.46 bits per heavy atom. The molecule has 4 aliphatic rings. The second-order valence-corrected chi connectivity index (χ2v) is 17.0. The van der Waals surface area contributed by atoms with Crippen LogP contribution in [0.2, 0.25) is 0 Å². The summed E-state index contributed by atoms with van der Waals surface area (Å²) >= 11 is 0. The number of hydroxylamine groups is 2. The predicted octanol–water partition coefficient (Wildman–Crippen LogP) is 7.57. The zero-order valence-corrected chi connectivity index (χ0v) is 35.0. The van der Waals surface area contributed by atoms with Crippen LogP contribution in [-0.4, -0.2) is 107 Å². The lowest BCUT2D eigenvalue weighted by Crippen LogP contribution is -2.51. The number of H-pyrrole nitrogens is 2. The SMILES string of the molecule is COC(=O)N[C@H](C(=O)N1CCC[C@H]1c1ncc(-c2ccc3cc(-c4ccc5nc([C@@H]6COCCN6OC[C@@H](NC(=O)OC)C6CCCC6)[nH]c5c4)ccc3c2)[nH]1)C1CCCC1. The van der Waals surface area contributed by atoms with Crippen molar-refractivity contribution in [2.24, 2.45) is 11.8 Å². The number of hydrogen-bond donors (Lipinski definition) is 4. The van der Waals surface area contributed by atoms with Gasteiger partial charge in [0.15, 0.2) is 0 Å². The van der Waals surface area contributed by atoms with E-state index in [0.717, 1.165) is 120 Å². The second kappa shape index (κ2) is 18.2. The van der Waals surface area contributed by atoms with Crippen LogP contribution in [0.1, 0.15) is 87.9 Å². The van der Waals surface area contributed by atoms with Crippen LogP contribution < -0.4 is 10.6 Å². The van der Waals surface area contributed by atoms with Gasteiger partial charge in [-0.3, -0.25) is 9.63 Å². The number of imidazole rings is 2. The fourth-order valence-corrected chi connectivity index (χ4v) is 9.96. The summed E-state index contributed by atoms with van der Waals surface area (Å²) in [5, 5.41) is 10.0. The first-order valence-electron chi connectivity index (χ1n) is 21.9. The van der Waals surface area contributed by atoms with E-state index in [1.165, 1.54) is 14.2 Å². The lowest BCUT2D eigenvalue weighted by molar-refractivity contribution is -0.233. The molecule has 2 aromatic heterocycles. The average molecular weight is 833 g/mol. The minimum absolute atomic E-state index is 0.0582. The molecule has 0 spiro atoms. The highest BCUT2D eigenvalue weighted by Gasteiger charge is 2.40. The van der Waals surface area contributed by atoms with Crippen molar-refractivity contribution < 1.29 is 33.4 Å². The van der Waals surface area contributed by atoms with Gasteiger partial charge < -0.3 is 39.7 Å². The highest BCUT2D eigenvalue weighted by atomic mass is 16.7. The van der Waals surface area contributed by atoms with E-state index in [-0.39, 0.29) is 30.0 Å². The van der Waals surface area contributed by atoms with Crippen LogP contribution in [0.4, 0.5) is 9.59 Å². The molecule has 4 atom stereocenters. The molecule has 61 heavy (non-hydrogen) atoms. The number of fused-ring (bicyclic) bond motifs is 2. The van der Waals surface area contributed by atoms with Crippen LogP contribution in [-0.2, 0) is 23.8 Å². The van der Waals surface area contributed by atoms with Crippen molar-refractivity contribution in [2.45, 2.75) is 88.4 Å². The molecule has 0 bridgehead atoms. The molecule has 322 valence electrons. The Bertz CT molecular complexity index is 2350. The van der Waals surface area contributed by atoms with Crippen molar-refractivity contribution in [3.63, 3.8) is 0 Å². The molecule has 4 heterocycles. The number of alkyl carbamates (subject to hydrolysis) is 2. The van der Waals surface area contributed by atoms with Gasteiger partial charge in [-0.05, 0) is 96.5 Å². The minimum atomic E-state index is -0.596. The van der Waals surface area contributed by atoms with Crippen molar-refractivity contribution in [2.75, 3.05) is 47.1 Å². The van der Waals surface area contributed by atoms with Crippen molar-refractivity contribution in [3.05, 3.63) is 72.4 Å². The smallest absolute Gasteiger partial charge is 0.407 e. The third-order valence-electron chi connectivity index (χ3n) is 13.3. The summed E-state index contributed by atoms with van der Waals surface area (Å²) in [7, 11) is 2.72. The number of nitrogens with one attached hydrogen (secondary N) is 4. The molecule has 3 amide bonds. The molecule has 5 aromatic rings. The van der Waals surface area contributed by atoms with Gasteiger partial charge in [-0.15, -0.1) is 0 Å². The van der Waals surface area contributed by atoms with Gasteiger partial charge in [-0.1, -0.05) is 56.0 Å². The monoisotopic (exact) mass is 832 g/mol. The van der Waals surface area contributed by atoms with Crippen LogP contribution in [0.5, 0.6) is 0 Å². The van der Waals surface area contributed by atoms with Gasteiger partial charge in [-0.25, -0.2) is 19.6 Å². The van der Waals surface area contributed by atoms with E-state index >= 15 is 0 Å². The van der Waals surface area contributed by atoms with Crippen LogP contribution in [0, 0.1) is 11.8 Å². The van der Waals surface area contributed by atoms with Gasteiger partial charge in [0, 0.05) is 18.7 Å². The van der Waals surface area contributed by atoms with E-state index in [0.29, 0.717) is 38.8 Å². The molecule has 4 N–H and O–H groups in total. The number of benzene rings is 3. The molecule has 2 aliphatic carbocycles. The summed E-state index contributed by atoms with van der Waals surface area (Å²) in [6, 6.07) is 18.0. The number of hydrogen-bond acceptors (Lipinski definition) is 10. The molecule has 3 aromatic carbocycles. The summed E-state index contributed by atoms with van der Waals surface area (Å²) in [6.45, 7) is 2.55.